The van der Waals surface area contributed by atoms with Crippen LogP contribution in [0.15, 0.2) is 29.4 Å². The molecule has 1 aliphatic carbocycles. The lowest BCUT2D eigenvalue weighted by atomic mass is 9.90. The quantitative estimate of drug-likeness (QED) is 0.885. The number of para-hydroxylation sites is 2. The number of aromatic nitrogens is 2. The van der Waals surface area contributed by atoms with Gasteiger partial charge in [-0.1, -0.05) is 19.1 Å². The van der Waals surface area contributed by atoms with Gasteiger partial charge in [-0.05, 0) is 50.7 Å². The van der Waals surface area contributed by atoms with Crippen LogP contribution in [0.4, 0.5) is 0 Å². The summed E-state index contributed by atoms with van der Waals surface area (Å²) in [5, 5.41) is 4.29. The van der Waals surface area contributed by atoms with Gasteiger partial charge in [0, 0.05) is 5.71 Å². The summed E-state index contributed by atoms with van der Waals surface area (Å²) >= 11 is 0. The first-order valence-corrected chi connectivity index (χ1v) is 7.89. The van der Waals surface area contributed by atoms with E-state index >= 15 is 0 Å². The van der Waals surface area contributed by atoms with Crippen LogP contribution in [0.5, 0.6) is 0 Å². The summed E-state index contributed by atoms with van der Waals surface area (Å²) in [4.78, 5) is 16.6. The number of fused-ring (bicyclic) bond motifs is 1. The maximum Gasteiger partial charge on any atom is 0.260 e. The second-order valence-electron chi connectivity index (χ2n) is 6.13. The van der Waals surface area contributed by atoms with E-state index in [2.05, 4.69) is 22.4 Å². The number of benzene rings is 1. The van der Waals surface area contributed by atoms with Gasteiger partial charge in [-0.3, -0.25) is 4.79 Å². The minimum Gasteiger partial charge on any atom is -0.319 e. The maximum absolute atomic E-state index is 12.1. The van der Waals surface area contributed by atoms with Crippen molar-refractivity contribution in [2.24, 2.45) is 11.0 Å². The monoisotopic (exact) mass is 298 g/mol. The molecule has 5 nitrogen and oxygen atoms in total. The zero-order valence-corrected chi connectivity index (χ0v) is 13.2. The van der Waals surface area contributed by atoms with Crippen LogP contribution in [0.3, 0.4) is 0 Å². The highest BCUT2D eigenvalue weighted by Gasteiger charge is 2.14. The Hall–Kier alpha value is -2.17. The third kappa shape index (κ3) is 3.18. The second-order valence-corrected chi connectivity index (χ2v) is 6.13. The Labute approximate surface area is 130 Å². The molecule has 0 unspecified atom stereocenters. The number of imidazole rings is 1. The number of carbonyl (C=O) groups excluding carboxylic acids is 1. The number of carbonyl (C=O) groups is 1. The maximum atomic E-state index is 12.1. The van der Waals surface area contributed by atoms with Gasteiger partial charge in [0.05, 0.1) is 11.0 Å². The topological polar surface area (TPSA) is 59.3 Å². The van der Waals surface area contributed by atoms with Gasteiger partial charge >= 0.3 is 0 Å². The van der Waals surface area contributed by atoms with Gasteiger partial charge in [0.2, 0.25) is 0 Å². The number of amides is 1. The van der Waals surface area contributed by atoms with Gasteiger partial charge in [0.1, 0.15) is 12.4 Å². The number of aryl methyl sites for hydroxylation is 1. The van der Waals surface area contributed by atoms with E-state index in [0.717, 1.165) is 41.3 Å². The number of hydrogen-bond donors (Lipinski definition) is 1. The molecule has 0 spiro atoms. The summed E-state index contributed by atoms with van der Waals surface area (Å²) in [5.74, 6) is 1.52. The Bertz CT molecular complexity index is 707. The molecule has 1 aromatic carbocycles. The Morgan fingerprint density at radius 2 is 2.09 bits per heavy atom. The van der Waals surface area contributed by atoms with Crippen molar-refractivity contribution in [3.63, 3.8) is 0 Å². The number of hydrazone groups is 1. The average molecular weight is 298 g/mol. The molecule has 0 radical (unpaired) electrons. The fraction of sp³-hybridized carbons (Fsp3) is 0.471. The molecule has 3 rings (SSSR count). The van der Waals surface area contributed by atoms with Gasteiger partial charge in [0.25, 0.3) is 5.91 Å². The summed E-state index contributed by atoms with van der Waals surface area (Å²) in [6.45, 7) is 4.43. The normalized spacial score (nSPS) is 18.5. The van der Waals surface area contributed by atoms with Crippen LogP contribution in [0.1, 0.15) is 38.4 Å². The van der Waals surface area contributed by atoms with Crippen molar-refractivity contribution in [2.45, 2.75) is 46.1 Å². The van der Waals surface area contributed by atoms with Crippen molar-refractivity contribution < 1.29 is 4.79 Å². The molecule has 0 atom stereocenters. The van der Waals surface area contributed by atoms with E-state index in [1.165, 1.54) is 12.8 Å². The second kappa shape index (κ2) is 6.30. The van der Waals surface area contributed by atoms with E-state index in [0.29, 0.717) is 0 Å². The molecule has 0 saturated heterocycles. The van der Waals surface area contributed by atoms with E-state index in [1.54, 1.807) is 0 Å². The zero-order chi connectivity index (χ0) is 15.5. The fourth-order valence-corrected chi connectivity index (χ4v) is 2.92. The van der Waals surface area contributed by atoms with E-state index < -0.39 is 0 Å². The van der Waals surface area contributed by atoms with Gasteiger partial charge in [-0.15, -0.1) is 0 Å². The van der Waals surface area contributed by atoms with Crippen LogP contribution in [0.25, 0.3) is 11.0 Å². The van der Waals surface area contributed by atoms with Crippen molar-refractivity contribution in [3.05, 3.63) is 30.1 Å². The van der Waals surface area contributed by atoms with Crippen LogP contribution in [-0.2, 0) is 11.3 Å². The van der Waals surface area contributed by atoms with Crippen LogP contribution in [0.2, 0.25) is 0 Å². The molecule has 1 fully saturated rings. The summed E-state index contributed by atoms with van der Waals surface area (Å²) in [7, 11) is 0. The number of rotatable bonds is 3. The van der Waals surface area contributed by atoms with Crippen molar-refractivity contribution in [2.75, 3.05) is 0 Å². The van der Waals surface area contributed by atoms with Crippen molar-refractivity contribution in [1.29, 1.82) is 0 Å². The molecule has 0 bridgehead atoms. The van der Waals surface area contributed by atoms with Gasteiger partial charge in [-0.2, -0.15) is 5.10 Å². The highest BCUT2D eigenvalue weighted by atomic mass is 16.2. The van der Waals surface area contributed by atoms with E-state index in [-0.39, 0.29) is 12.5 Å². The molecule has 2 aromatic rings. The van der Waals surface area contributed by atoms with Crippen LogP contribution >= 0.6 is 0 Å². The molecule has 0 aliphatic heterocycles. The molecule has 1 aliphatic rings. The fourth-order valence-electron chi connectivity index (χ4n) is 2.92. The third-order valence-electron chi connectivity index (χ3n) is 4.34. The van der Waals surface area contributed by atoms with Crippen molar-refractivity contribution in [1.82, 2.24) is 15.0 Å². The molecule has 1 saturated carbocycles. The molecule has 1 aromatic heterocycles. The number of nitrogens with zero attached hydrogens (tertiary/aromatic N) is 3. The zero-order valence-electron chi connectivity index (χ0n) is 13.2. The van der Waals surface area contributed by atoms with Gasteiger partial charge in [0.15, 0.2) is 0 Å². The first-order chi connectivity index (χ1) is 10.6. The Balaban J connectivity index is 1.66. The lowest BCUT2D eigenvalue weighted by Gasteiger charge is -2.18. The molecule has 1 N–H and O–H groups in total. The predicted octanol–water partition coefficient (Wildman–Crippen LogP) is 3.03. The Morgan fingerprint density at radius 1 is 1.36 bits per heavy atom. The van der Waals surface area contributed by atoms with Crippen molar-refractivity contribution >= 4 is 22.7 Å². The molecule has 1 amide bonds. The average Bonchev–Trinajstić information content (AvgIpc) is 2.83. The first-order valence-electron chi connectivity index (χ1n) is 7.89. The summed E-state index contributed by atoms with van der Waals surface area (Å²) in [6, 6.07) is 7.85. The van der Waals surface area contributed by atoms with Gasteiger partial charge < -0.3 is 4.57 Å². The highest BCUT2D eigenvalue weighted by molar-refractivity contribution is 5.87. The van der Waals surface area contributed by atoms with Crippen molar-refractivity contribution in [3.8, 4) is 0 Å². The van der Waals surface area contributed by atoms with E-state index in [1.807, 2.05) is 35.8 Å². The van der Waals surface area contributed by atoms with Crippen LogP contribution in [-0.4, -0.2) is 21.2 Å². The molecule has 116 valence electrons. The lowest BCUT2D eigenvalue weighted by molar-refractivity contribution is -0.121. The smallest absolute Gasteiger partial charge is 0.260 e. The minimum atomic E-state index is -0.0997. The SMILES string of the molecule is Cc1nc2ccccc2n1CC(=O)NN=C1CCC(C)CC1. The van der Waals surface area contributed by atoms with Gasteiger partial charge in [-0.25, -0.2) is 10.4 Å². The highest BCUT2D eigenvalue weighted by Crippen LogP contribution is 2.21. The minimum absolute atomic E-state index is 0.0997. The summed E-state index contributed by atoms with van der Waals surface area (Å²) < 4.78 is 1.92. The third-order valence-corrected chi connectivity index (χ3v) is 4.34. The number of hydrogen-bond acceptors (Lipinski definition) is 3. The standard InChI is InChI=1S/C17H22N4O/c1-12-7-9-14(10-8-12)19-20-17(22)11-21-13(2)18-15-5-3-4-6-16(15)21/h3-6,12H,7-11H2,1-2H3,(H,20,22). The molecule has 5 heteroatoms. The van der Waals surface area contributed by atoms with E-state index in [9.17, 15) is 4.79 Å². The van der Waals surface area contributed by atoms with Crippen LogP contribution < -0.4 is 5.43 Å². The first kappa shape index (κ1) is 14.8. The molecule has 1 heterocycles. The Kier molecular flexibility index (Phi) is 4.22. The Morgan fingerprint density at radius 3 is 2.86 bits per heavy atom. The molecule has 22 heavy (non-hydrogen) atoms. The molecular weight excluding hydrogens is 276 g/mol. The predicted molar refractivity (Wildman–Crippen MR) is 87.7 cm³/mol. The van der Waals surface area contributed by atoms with E-state index in [4.69, 9.17) is 0 Å². The number of nitrogens with one attached hydrogen (secondary N) is 1. The summed E-state index contributed by atoms with van der Waals surface area (Å²) in [5.41, 5.74) is 5.71. The largest absolute Gasteiger partial charge is 0.319 e. The lowest BCUT2D eigenvalue weighted by Crippen LogP contribution is -2.26. The summed E-state index contributed by atoms with van der Waals surface area (Å²) in [6.07, 6.45) is 4.32. The van der Waals surface area contributed by atoms with Crippen LogP contribution in [0, 0.1) is 12.8 Å². The molecular formula is C17H22N4O.